The average Bonchev–Trinajstić information content (AvgIpc) is 2.84. The summed E-state index contributed by atoms with van der Waals surface area (Å²) in [5, 5.41) is 17.9. The second-order valence-electron chi connectivity index (χ2n) is 8.04. The Morgan fingerprint density at radius 3 is 2.12 bits per heavy atom. The van der Waals surface area contributed by atoms with Gasteiger partial charge >= 0.3 is 11.9 Å². The molecule has 0 aromatic heterocycles. The van der Waals surface area contributed by atoms with E-state index in [0.717, 1.165) is 55.1 Å². The Kier molecular flexibility index (Phi) is 10.3. The molecule has 0 aliphatic carbocycles. The highest BCUT2D eigenvalue weighted by molar-refractivity contribution is 6.27. The molecular weight excluding hydrogens is 440 g/mol. The Labute approximate surface area is 199 Å². The number of rotatable bonds is 7. The van der Waals surface area contributed by atoms with Crippen molar-refractivity contribution in [2.75, 3.05) is 27.3 Å². The first-order chi connectivity index (χ1) is 16.2. The number of nitrogens with zero attached hydrogens (tertiary/aromatic N) is 1. The zero-order chi connectivity index (χ0) is 25.1. The number of methoxy groups -OCH3 is 2. The summed E-state index contributed by atoms with van der Waals surface area (Å²) in [6.45, 7) is 5.32. The van der Waals surface area contributed by atoms with Gasteiger partial charge in [-0.15, -0.1) is 0 Å². The SMILES string of the molecule is COc1ccc(CN2CCC(C(=O)NCc3ccc(C)cc3)CC2)c(OC)c1.O=C(O)C(=O)O. The summed E-state index contributed by atoms with van der Waals surface area (Å²) in [5.74, 6) is -1.74. The molecule has 9 nitrogen and oxygen atoms in total. The minimum absolute atomic E-state index is 0.0967. The molecule has 1 saturated heterocycles. The van der Waals surface area contributed by atoms with Gasteiger partial charge < -0.3 is 25.0 Å². The summed E-state index contributed by atoms with van der Waals surface area (Å²) < 4.78 is 10.8. The van der Waals surface area contributed by atoms with E-state index in [-0.39, 0.29) is 11.8 Å². The van der Waals surface area contributed by atoms with Crippen molar-refractivity contribution in [1.82, 2.24) is 10.2 Å². The molecule has 1 aliphatic heterocycles. The summed E-state index contributed by atoms with van der Waals surface area (Å²) >= 11 is 0. The number of hydrogen-bond donors (Lipinski definition) is 3. The van der Waals surface area contributed by atoms with Gasteiger partial charge in [-0.1, -0.05) is 35.9 Å². The van der Waals surface area contributed by atoms with Crippen molar-refractivity contribution in [2.45, 2.75) is 32.9 Å². The van der Waals surface area contributed by atoms with Crippen LogP contribution < -0.4 is 14.8 Å². The number of aliphatic carboxylic acids is 2. The maximum atomic E-state index is 12.5. The topological polar surface area (TPSA) is 125 Å². The molecule has 0 bridgehead atoms. The van der Waals surface area contributed by atoms with E-state index in [1.54, 1.807) is 14.2 Å². The Morgan fingerprint density at radius 1 is 0.971 bits per heavy atom. The molecule has 1 aliphatic rings. The molecule has 1 fully saturated rings. The van der Waals surface area contributed by atoms with Crippen LogP contribution in [-0.2, 0) is 27.5 Å². The van der Waals surface area contributed by atoms with Gasteiger partial charge in [0, 0.05) is 30.6 Å². The number of carboxylic acid groups (broad SMARTS) is 2. The lowest BCUT2D eigenvalue weighted by Gasteiger charge is -2.31. The molecule has 34 heavy (non-hydrogen) atoms. The van der Waals surface area contributed by atoms with Gasteiger partial charge in [0.25, 0.3) is 0 Å². The number of benzene rings is 2. The quantitative estimate of drug-likeness (QED) is 0.525. The average molecular weight is 473 g/mol. The first kappa shape index (κ1) is 26.7. The fourth-order valence-corrected chi connectivity index (χ4v) is 3.62. The molecule has 3 rings (SSSR count). The van der Waals surface area contributed by atoms with Crippen LogP contribution in [0, 0.1) is 12.8 Å². The van der Waals surface area contributed by atoms with Gasteiger partial charge in [-0.2, -0.15) is 0 Å². The Morgan fingerprint density at radius 2 is 1.59 bits per heavy atom. The monoisotopic (exact) mass is 472 g/mol. The summed E-state index contributed by atoms with van der Waals surface area (Å²) in [5.41, 5.74) is 3.52. The van der Waals surface area contributed by atoms with Crippen molar-refractivity contribution in [1.29, 1.82) is 0 Å². The number of carboxylic acids is 2. The van der Waals surface area contributed by atoms with Crippen molar-refractivity contribution in [2.24, 2.45) is 5.92 Å². The molecule has 9 heteroatoms. The highest BCUT2D eigenvalue weighted by Crippen LogP contribution is 2.27. The standard InChI is InChI=1S/C23H30N2O3.C2H2O4/c1-17-4-6-18(7-5-17)15-24-23(26)19-10-12-25(13-11-19)16-20-8-9-21(27-2)14-22(20)28-3;3-1(4)2(5)6/h4-9,14,19H,10-13,15-16H2,1-3H3,(H,24,26);(H,3,4)(H,5,6). The number of carbonyl (C=O) groups is 3. The normalized spacial score (nSPS) is 13.9. The lowest BCUT2D eigenvalue weighted by Crippen LogP contribution is -2.40. The van der Waals surface area contributed by atoms with E-state index < -0.39 is 11.9 Å². The molecule has 0 unspecified atom stereocenters. The highest BCUT2D eigenvalue weighted by Gasteiger charge is 2.25. The van der Waals surface area contributed by atoms with Crippen molar-refractivity contribution < 1.29 is 34.1 Å². The molecule has 3 N–H and O–H groups in total. The fraction of sp³-hybridized carbons (Fsp3) is 0.400. The molecule has 1 heterocycles. The fourth-order valence-electron chi connectivity index (χ4n) is 3.62. The van der Waals surface area contributed by atoms with E-state index in [9.17, 15) is 4.79 Å². The zero-order valence-electron chi connectivity index (χ0n) is 19.7. The number of piperidine rings is 1. The van der Waals surface area contributed by atoms with Gasteiger partial charge in [0.05, 0.1) is 14.2 Å². The molecule has 0 saturated carbocycles. The molecule has 0 spiro atoms. The second-order valence-corrected chi connectivity index (χ2v) is 8.04. The van der Waals surface area contributed by atoms with Gasteiger partial charge in [-0.3, -0.25) is 9.69 Å². The summed E-state index contributed by atoms with van der Waals surface area (Å²) in [4.78, 5) is 33.1. The molecular formula is C25H32N2O7. The minimum atomic E-state index is -1.82. The minimum Gasteiger partial charge on any atom is -0.497 e. The van der Waals surface area contributed by atoms with Crippen LogP contribution in [0.4, 0.5) is 0 Å². The van der Waals surface area contributed by atoms with Crippen LogP contribution in [0.25, 0.3) is 0 Å². The number of aryl methyl sites for hydroxylation is 1. The predicted molar refractivity (Wildman–Crippen MR) is 126 cm³/mol. The highest BCUT2D eigenvalue weighted by atomic mass is 16.5. The zero-order valence-corrected chi connectivity index (χ0v) is 19.7. The molecule has 1 amide bonds. The first-order valence-corrected chi connectivity index (χ1v) is 11.0. The van der Waals surface area contributed by atoms with Gasteiger partial charge in [-0.05, 0) is 44.5 Å². The third-order valence-electron chi connectivity index (χ3n) is 5.62. The van der Waals surface area contributed by atoms with E-state index in [0.29, 0.717) is 6.54 Å². The number of hydrogen-bond acceptors (Lipinski definition) is 6. The van der Waals surface area contributed by atoms with Crippen LogP contribution in [0.1, 0.15) is 29.5 Å². The molecule has 2 aromatic rings. The van der Waals surface area contributed by atoms with Crippen molar-refractivity contribution in [3.05, 3.63) is 59.2 Å². The molecule has 0 atom stereocenters. The second kappa shape index (κ2) is 13.2. The molecule has 2 aromatic carbocycles. The Hall–Kier alpha value is -3.59. The number of nitrogens with one attached hydrogen (secondary N) is 1. The van der Waals surface area contributed by atoms with Crippen LogP contribution in [0.15, 0.2) is 42.5 Å². The molecule has 0 radical (unpaired) electrons. The Bertz CT molecular complexity index is 956. The smallest absolute Gasteiger partial charge is 0.414 e. The number of amides is 1. The van der Waals surface area contributed by atoms with E-state index >= 15 is 0 Å². The maximum absolute atomic E-state index is 12.5. The van der Waals surface area contributed by atoms with Crippen molar-refractivity contribution in [3.8, 4) is 11.5 Å². The largest absolute Gasteiger partial charge is 0.497 e. The molecule has 184 valence electrons. The van der Waals surface area contributed by atoms with E-state index in [1.165, 1.54) is 5.56 Å². The summed E-state index contributed by atoms with van der Waals surface area (Å²) in [7, 11) is 3.34. The van der Waals surface area contributed by atoms with Crippen LogP contribution in [0.5, 0.6) is 11.5 Å². The number of ether oxygens (including phenoxy) is 2. The van der Waals surface area contributed by atoms with Crippen molar-refractivity contribution >= 4 is 17.8 Å². The van der Waals surface area contributed by atoms with Crippen LogP contribution >= 0.6 is 0 Å². The van der Waals surface area contributed by atoms with Crippen LogP contribution in [-0.4, -0.2) is 60.3 Å². The maximum Gasteiger partial charge on any atom is 0.414 e. The summed E-state index contributed by atoms with van der Waals surface area (Å²) in [6.07, 6.45) is 1.77. The van der Waals surface area contributed by atoms with E-state index in [2.05, 4.69) is 47.5 Å². The third-order valence-corrected chi connectivity index (χ3v) is 5.62. The Balaban J connectivity index is 0.000000604. The number of carbonyl (C=O) groups excluding carboxylic acids is 1. The van der Waals surface area contributed by atoms with Gasteiger partial charge in [0.1, 0.15) is 11.5 Å². The van der Waals surface area contributed by atoms with Crippen LogP contribution in [0.3, 0.4) is 0 Å². The van der Waals surface area contributed by atoms with Gasteiger partial charge in [0.2, 0.25) is 5.91 Å². The lowest BCUT2D eigenvalue weighted by atomic mass is 9.95. The summed E-state index contributed by atoms with van der Waals surface area (Å²) in [6, 6.07) is 14.2. The van der Waals surface area contributed by atoms with E-state index in [1.807, 2.05) is 12.1 Å². The predicted octanol–water partition coefficient (Wildman–Crippen LogP) is 2.70. The first-order valence-electron chi connectivity index (χ1n) is 11.0. The van der Waals surface area contributed by atoms with Crippen LogP contribution in [0.2, 0.25) is 0 Å². The van der Waals surface area contributed by atoms with Crippen molar-refractivity contribution in [3.63, 3.8) is 0 Å². The number of likely N-dealkylation sites (tertiary alicyclic amines) is 1. The lowest BCUT2D eigenvalue weighted by molar-refractivity contribution is -0.159. The van der Waals surface area contributed by atoms with Gasteiger partial charge in [0.15, 0.2) is 0 Å². The third kappa shape index (κ3) is 8.40. The van der Waals surface area contributed by atoms with E-state index in [4.69, 9.17) is 29.3 Å². The van der Waals surface area contributed by atoms with Gasteiger partial charge in [-0.25, -0.2) is 9.59 Å².